The number of rotatable bonds is 4. The molecule has 0 atom stereocenters. The highest BCUT2D eigenvalue weighted by Crippen LogP contribution is 2.19. The van der Waals surface area contributed by atoms with E-state index in [4.69, 9.17) is 16.3 Å². The highest BCUT2D eigenvalue weighted by molar-refractivity contribution is 6.30. The van der Waals surface area contributed by atoms with Gasteiger partial charge in [-0.3, -0.25) is 4.98 Å². The Morgan fingerprint density at radius 2 is 1.89 bits per heavy atom. The molecule has 2 rings (SSSR count). The second kappa shape index (κ2) is 5.85. The number of ether oxygens (including phenoxy) is 1. The van der Waals surface area contributed by atoms with E-state index >= 15 is 0 Å². The summed E-state index contributed by atoms with van der Waals surface area (Å²) in [4.78, 5) is 4.22. The van der Waals surface area contributed by atoms with Crippen LogP contribution in [0.1, 0.15) is 17.0 Å². The normalized spacial score (nSPS) is 10.4. The first-order chi connectivity index (χ1) is 8.69. The van der Waals surface area contributed by atoms with Crippen LogP contribution >= 0.6 is 11.6 Å². The molecule has 0 spiro atoms. The molecule has 2 aromatic rings. The third-order valence-corrected chi connectivity index (χ3v) is 2.78. The molecule has 0 aliphatic carbocycles. The maximum Gasteiger partial charge on any atom is 0.143 e. The van der Waals surface area contributed by atoms with Gasteiger partial charge in [-0.15, -0.1) is 0 Å². The van der Waals surface area contributed by atoms with E-state index in [1.807, 2.05) is 43.3 Å². The lowest BCUT2D eigenvalue weighted by atomic mass is 10.2. The van der Waals surface area contributed by atoms with Crippen molar-refractivity contribution in [2.45, 2.75) is 20.1 Å². The summed E-state index contributed by atoms with van der Waals surface area (Å²) in [5.74, 6) is 0.609. The summed E-state index contributed by atoms with van der Waals surface area (Å²) in [6, 6.07) is 11.1. The molecule has 0 saturated carbocycles. The molecule has 3 nitrogen and oxygen atoms in total. The predicted molar refractivity (Wildman–Crippen MR) is 70.7 cm³/mol. The van der Waals surface area contributed by atoms with E-state index in [0.29, 0.717) is 23.1 Å². The predicted octanol–water partition coefficient (Wildman–Crippen LogP) is 3.11. The van der Waals surface area contributed by atoms with Crippen LogP contribution in [0.5, 0.6) is 5.75 Å². The highest BCUT2D eigenvalue weighted by atomic mass is 35.5. The minimum absolute atomic E-state index is 0.127. The number of halogens is 1. The summed E-state index contributed by atoms with van der Waals surface area (Å²) < 4.78 is 5.64. The summed E-state index contributed by atoms with van der Waals surface area (Å²) in [5.41, 5.74) is 2.44. The monoisotopic (exact) mass is 263 g/mol. The van der Waals surface area contributed by atoms with Gasteiger partial charge in [0.1, 0.15) is 18.1 Å². The summed E-state index contributed by atoms with van der Waals surface area (Å²) in [6.07, 6.45) is 0. The van der Waals surface area contributed by atoms with E-state index in [-0.39, 0.29) is 6.61 Å². The van der Waals surface area contributed by atoms with Gasteiger partial charge in [0.25, 0.3) is 0 Å². The quantitative estimate of drug-likeness (QED) is 0.922. The summed E-state index contributed by atoms with van der Waals surface area (Å²) in [5, 5.41) is 9.92. The van der Waals surface area contributed by atoms with Crippen LogP contribution in [0.2, 0.25) is 5.02 Å². The largest absolute Gasteiger partial charge is 0.487 e. The SMILES string of the molecule is Cc1ccc(OCc2ccc(Cl)cc2)c(CO)n1. The zero-order chi connectivity index (χ0) is 13.0. The Morgan fingerprint density at radius 1 is 1.17 bits per heavy atom. The number of benzene rings is 1. The van der Waals surface area contributed by atoms with Gasteiger partial charge in [-0.1, -0.05) is 23.7 Å². The fourth-order valence-electron chi connectivity index (χ4n) is 1.58. The van der Waals surface area contributed by atoms with Crippen molar-refractivity contribution in [3.63, 3.8) is 0 Å². The Labute approximate surface area is 111 Å². The lowest BCUT2D eigenvalue weighted by Gasteiger charge is -2.10. The molecule has 1 N–H and O–H groups in total. The molecular formula is C14H14ClNO2. The van der Waals surface area contributed by atoms with Crippen LogP contribution in [-0.2, 0) is 13.2 Å². The van der Waals surface area contributed by atoms with Crippen molar-refractivity contribution in [1.29, 1.82) is 0 Å². The fourth-order valence-corrected chi connectivity index (χ4v) is 1.71. The Morgan fingerprint density at radius 3 is 2.56 bits per heavy atom. The number of aliphatic hydroxyl groups is 1. The first-order valence-electron chi connectivity index (χ1n) is 5.63. The minimum atomic E-state index is -0.127. The molecule has 0 radical (unpaired) electrons. The third kappa shape index (κ3) is 3.22. The first-order valence-corrected chi connectivity index (χ1v) is 6.01. The zero-order valence-electron chi connectivity index (χ0n) is 10.1. The molecule has 1 aromatic heterocycles. The van der Waals surface area contributed by atoms with E-state index in [1.165, 1.54) is 0 Å². The smallest absolute Gasteiger partial charge is 0.143 e. The molecular weight excluding hydrogens is 250 g/mol. The lowest BCUT2D eigenvalue weighted by molar-refractivity contribution is 0.253. The Kier molecular flexibility index (Phi) is 4.18. The Balaban J connectivity index is 2.08. The number of aryl methyl sites for hydroxylation is 1. The van der Waals surface area contributed by atoms with Gasteiger partial charge >= 0.3 is 0 Å². The van der Waals surface area contributed by atoms with Gasteiger partial charge < -0.3 is 9.84 Å². The minimum Gasteiger partial charge on any atom is -0.487 e. The molecule has 0 bridgehead atoms. The lowest BCUT2D eigenvalue weighted by Crippen LogP contribution is -2.01. The van der Waals surface area contributed by atoms with Crippen LogP contribution in [-0.4, -0.2) is 10.1 Å². The van der Waals surface area contributed by atoms with Crippen LogP contribution in [0.3, 0.4) is 0 Å². The molecule has 0 aliphatic rings. The molecule has 0 unspecified atom stereocenters. The fraction of sp³-hybridized carbons (Fsp3) is 0.214. The second-order valence-corrected chi connectivity index (χ2v) is 4.41. The van der Waals surface area contributed by atoms with Crippen molar-refractivity contribution in [1.82, 2.24) is 4.98 Å². The molecule has 0 amide bonds. The van der Waals surface area contributed by atoms with Crippen molar-refractivity contribution in [2.75, 3.05) is 0 Å². The maximum absolute atomic E-state index is 9.22. The van der Waals surface area contributed by atoms with Gasteiger partial charge in [-0.2, -0.15) is 0 Å². The average Bonchev–Trinajstić information content (AvgIpc) is 2.39. The summed E-state index contributed by atoms with van der Waals surface area (Å²) >= 11 is 5.81. The Hall–Kier alpha value is -1.58. The van der Waals surface area contributed by atoms with Crippen LogP contribution < -0.4 is 4.74 Å². The Bertz CT molecular complexity index is 526. The van der Waals surface area contributed by atoms with Crippen LogP contribution in [0.15, 0.2) is 36.4 Å². The summed E-state index contributed by atoms with van der Waals surface area (Å²) in [7, 11) is 0. The van der Waals surface area contributed by atoms with Crippen LogP contribution in [0.4, 0.5) is 0 Å². The molecule has 0 fully saturated rings. The number of pyridine rings is 1. The van der Waals surface area contributed by atoms with Crippen molar-refractivity contribution in [3.05, 3.63) is 58.4 Å². The van der Waals surface area contributed by atoms with Gasteiger partial charge in [-0.05, 0) is 36.8 Å². The van der Waals surface area contributed by atoms with Gasteiger partial charge in [0.05, 0.1) is 6.61 Å². The standard InChI is InChI=1S/C14H14ClNO2/c1-10-2-7-14(13(8-17)16-10)18-9-11-3-5-12(15)6-4-11/h2-7,17H,8-9H2,1H3. The van der Waals surface area contributed by atoms with Crippen molar-refractivity contribution in [3.8, 4) is 5.75 Å². The van der Waals surface area contributed by atoms with E-state index < -0.39 is 0 Å². The molecule has 94 valence electrons. The van der Waals surface area contributed by atoms with E-state index in [2.05, 4.69) is 4.98 Å². The third-order valence-electron chi connectivity index (χ3n) is 2.53. The molecule has 0 saturated heterocycles. The van der Waals surface area contributed by atoms with E-state index in [9.17, 15) is 5.11 Å². The van der Waals surface area contributed by atoms with Crippen molar-refractivity contribution in [2.24, 2.45) is 0 Å². The zero-order valence-corrected chi connectivity index (χ0v) is 10.8. The molecule has 1 aromatic carbocycles. The van der Waals surface area contributed by atoms with Gasteiger partial charge in [0.15, 0.2) is 0 Å². The molecule has 4 heteroatoms. The van der Waals surface area contributed by atoms with E-state index in [0.717, 1.165) is 11.3 Å². The number of aliphatic hydroxyl groups excluding tert-OH is 1. The number of hydrogen-bond acceptors (Lipinski definition) is 3. The van der Waals surface area contributed by atoms with E-state index in [1.54, 1.807) is 0 Å². The number of aromatic nitrogens is 1. The molecule has 1 heterocycles. The van der Waals surface area contributed by atoms with Crippen molar-refractivity contribution >= 4 is 11.6 Å². The van der Waals surface area contributed by atoms with Gasteiger partial charge in [0, 0.05) is 10.7 Å². The van der Waals surface area contributed by atoms with Crippen molar-refractivity contribution < 1.29 is 9.84 Å². The number of nitrogens with zero attached hydrogens (tertiary/aromatic N) is 1. The highest BCUT2D eigenvalue weighted by Gasteiger charge is 2.05. The molecule has 18 heavy (non-hydrogen) atoms. The first kappa shape index (κ1) is 12.9. The van der Waals surface area contributed by atoms with Gasteiger partial charge in [-0.25, -0.2) is 0 Å². The maximum atomic E-state index is 9.22. The van der Waals surface area contributed by atoms with Crippen LogP contribution in [0.25, 0.3) is 0 Å². The molecule has 0 aliphatic heterocycles. The topological polar surface area (TPSA) is 42.4 Å². The second-order valence-electron chi connectivity index (χ2n) is 3.97. The average molecular weight is 264 g/mol. The van der Waals surface area contributed by atoms with Gasteiger partial charge in [0.2, 0.25) is 0 Å². The summed E-state index contributed by atoms with van der Waals surface area (Å²) in [6.45, 7) is 2.18. The number of hydrogen-bond donors (Lipinski definition) is 1. The van der Waals surface area contributed by atoms with Crippen LogP contribution in [0, 0.1) is 6.92 Å².